The molecule has 0 radical (unpaired) electrons. The van der Waals surface area contributed by atoms with Gasteiger partial charge in [0.25, 0.3) is 5.78 Å². The van der Waals surface area contributed by atoms with Crippen LogP contribution in [0.3, 0.4) is 0 Å². The average Bonchev–Trinajstić information content (AvgIpc) is 2.18. The molecule has 3 heteroatoms. The minimum absolute atomic E-state index is 0.212. The van der Waals surface area contributed by atoms with Crippen LogP contribution in [0.4, 0.5) is 0 Å². The van der Waals surface area contributed by atoms with Crippen molar-refractivity contribution in [1.82, 2.24) is 0 Å². The van der Waals surface area contributed by atoms with Crippen molar-refractivity contribution in [2.24, 2.45) is 0 Å². The second-order valence-corrected chi connectivity index (χ2v) is 2.54. The molecule has 0 aromatic rings. The molecule has 0 amide bonds. The number of hydrogen-bond donors (Lipinski definition) is 0. The van der Waals surface area contributed by atoms with E-state index in [0.717, 1.165) is 5.57 Å². The molecule has 0 aromatic carbocycles. The van der Waals surface area contributed by atoms with Crippen LogP contribution in [0.2, 0.25) is 0 Å². The van der Waals surface area contributed by atoms with E-state index in [4.69, 9.17) is 9.47 Å². The van der Waals surface area contributed by atoms with Gasteiger partial charge in [0, 0.05) is 0 Å². The van der Waals surface area contributed by atoms with Crippen LogP contribution in [0.25, 0.3) is 0 Å². The second kappa shape index (κ2) is 3.94. The van der Waals surface area contributed by atoms with Crippen LogP contribution in [0.1, 0.15) is 6.92 Å². The van der Waals surface area contributed by atoms with Crippen LogP contribution in [0.5, 0.6) is 0 Å². The lowest BCUT2D eigenvalue weighted by Crippen LogP contribution is -2.13. The van der Waals surface area contributed by atoms with Crippen molar-refractivity contribution >= 4 is 5.78 Å². The van der Waals surface area contributed by atoms with Crippen LogP contribution in [0, 0.1) is 0 Å². The Balaban J connectivity index is 3.05. The quantitative estimate of drug-likeness (QED) is 0.647. The predicted octanol–water partition coefficient (Wildman–Crippen LogP) is 1.58. The third-order valence-electron chi connectivity index (χ3n) is 1.82. The van der Waals surface area contributed by atoms with Crippen molar-refractivity contribution in [3.63, 3.8) is 0 Å². The molecule has 13 heavy (non-hydrogen) atoms. The third kappa shape index (κ3) is 1.80. The van der Waals surface area contributed by atoms with Crippen molar-refractivity contribution in [2.75, 3.05) is 14.2 Å². The number of Topliss-reactive ketones (excluding diaryl/α,β-unsaturated/α-hetero) is 1. The van der Waals surface area contributed by atoms with Crippen molar-refractivity contribution in [2.45, 2.75) is 6.92 Å². The highest BCUT2D eigenvalue weighted by atomic mass is 16.5. The summed E-state index contributed by atoms with van der Waals surface area (Å²) in [6, 6.07) is 0. The summed E-state index contributed by atoms with van der Waals surface area (Å²) < 4.78 is 9.83. The molecule has 0 saturated heterocycles. The van der Waals surface area contributed by atoms with Gasteiger partial charge in [0.05, 0.1) is 14.2 Å². The molecule has 0 bridgehead atoms. The number of rotatable bonds is 2. The highest BCUT2D eigenvalue weighted by molar-refractivity contribution is 6.07. The van der Waals surface area contributed by atoms with E-state index < -0.39 is 0 Å². The molecule has 1 aliphatic carbocycles. The Labute approximate surface area is 77.3 Å². The Kier molecular flexibility index (Phi) is 2.90. The summed E-state index contributed by atoms with van der Waals surface area (Å²) in [7, 11) is 2.94. The Morgan fingerprint density at radius 2 is 1.62 bits per heavy atom. The fraction of sp³-hybridized carbons (Fsp3) is 0.300. The van der Waals surface area contributed by atoms with Crippen LogP contribution < -0.4 is 0 Å². The van der Waals surface area contributed by atoms with E-state index >= 15 is 0 Å². The van der Waals surface area contributed by atoms with E-state index in [0.29, 0.717) is 11.5 Å². The van der Waals surface area contributed by atoms with Crippen molar-refractivity contribution in [3.05, 3.63) is 35.3 Å². The Hall–Kier alpha value is -1.51. The molecule has 0 aliphatic heterocycles. The molecular formula is C10H12O3. The van der Waals surface area contributed by atoms with E-state index in [2.05, 4.69) is 0 Å². The lowest BCUT2D eigenvalue weighted by atomic mass is 10.1. The summed E-state index contributed by atoms with van der Waals surface area (Å²) in [5.41, 5.74) is 0.910. The normalized spacial score (nSPS) is 16.2. The molecule has 70 valence electrons. The zero-order valence-electron chi connectivity index (χ0n) is 7.96. The van der Waals surface area contributed by atoms with Gasteiger partial charge in [-0.1, -0.05) is 6.08 Å². The molecular weight excluding hydrogens is 168 g/mol. The van der Waals surface area contributed by atoms with Gasteiger partial charge in [0.2, 0.25) is 0 Å². The van der Waals surface area contributed by atoms with E-state index in [1.54, 1.807) is 12.2 Å². The van der Waals surface area contributed by atoms with Crippen LogP contribution in [0.15, 0.2) is 35.3 Å². The Morgan fingerprint density at radius 3 is 1.92 bits per heavy atom. The van der Waals surface area contributed by atoms with Gasteiger partial charge >= 0.3 is 0 Å². The zero-order chi connectivity index (χ0) is 9.84. The number of carbonyl (C=O) groups is 1. The maximum Gasteiger partial charge on any atom is 0.261 e. The van der Waals surface area contributed by atoms with Gasteiger partial charge in [-0.15, -0.1) is 0 Å². The molecule has 1 aliphatic rings. The summed E-state index contributed by atoms with van der Waals surface area (Å²) >= 11 is 0. The average molecular weight is 180 g/mol. The van der Waals surface area contributed by atoms with Gasteiger partial charge in [-0.05, 0) is 24.6 Å². The number of hydrogen-bond acceptors (Lipinski definition) is 3. The lowest BCUT2D eigenvalue weighted by Gasteiger charge is -2.12. The van der Waals surface area contributed by atoms with Gasteiger partial charge in [-0.2, -0.15) is 0 Å². The Bertz CT molecular complexity index is 282. The molecule has 0 fully saturated rings. The molecule has 0 unspecified atom stereocenters. The molecule has 3 nitrogen and oxygen atoms in total. The minimum atomic E-state index is -0.212. The second-order valence-electron chi connectivity index (χ2n) is 2.54. The topological polar surface area (TPSA) is 35.5 Å². The molecule has 0 heterocycles. The zero-order valence-corrected chi connectivity index (χ0v) is 7.96. The number of ether oxygens (including phenoxy) is 2. The number of allylic oxidation sites excluding steroid dienone is 4. The summed E-state index contributed by atoms with van der Waals surface area (Å²) in [5, 5.41) is 0. The number of ketones is 1. The van der Waals surface area contributed by atoms with Gasteiger partial charge in [0.15, 0.2) is 11.5 Å². The van der Waals surface area contributed by atoms with E-state index in [1.165, 1.54) is 14.2 Å². The molecule has 0 N–H and O–H groups in total. The first-order chi connectivity index (χ1) is 6.22. The third-order valence-corrected chi connectivity index (χ3v) is 1.82. The lowest BCUT2D eigenvalue weighted by molar-refractivity contribution is -0.117. The molecule has 0 atom stereocenters. The molecule has 0 saturated carbocycles. The largest absolute Gasteiger partial charge is 0.492 e. The standard InChI is InChI=1S/C10H12O3/c1-4-7-5-8(12-2)10(11)9(6-7)13-3/h4-6H,1-3H3. The first-order valence-corrected chi connectivity index (χ1v) is 3.95. The molecule has 1 rings (SSSR count). The summed E-state index contributed by atoms with van der Waals surface area (Å²) in [6.45, 7) is 1.89. The van der Waals surface area contributed by atoms with Crippen molar-refractivity contribution in [1.29, 1.82) is 0 Å². The molecule has 0 spiro atoms. The van der Waals surface area contributed by atoms with Crippen molar-refractivity contribution in [3.8, 4) is 0 Å². The van der Waals surface area contributed by atoms with Crippen LogP contribution in [-0.4, -0.2) is 20.0 Å². The SMILES string of the molecule is CC=C1C=C(OC)C(=O)C(OC)=C1. The minimum Gasteiger partial charge on any atom is -0.492 e. The van der Waals surface area contributed by atoms with E-state index in [9.17, 15) is 4.79 Å². The fourth-order valence-corrected chi connectivity index (χ4v) is 1.07. The van der Waals surface area contributed by atoms with Gasteiger partial charge in [0.1, 0.15) is 0 Å². The van der Waals surface area contributed by atoms with Crippen LogP contribution >= 0.6 is 0 Å². The first-order valence-electron chi connectivity index (χ1n) is 3.95. The first kappa shape index (κ1) is 9.58. The number of carbonyl (C=O) groups excluding carboxylic acids is 1. The summed E-state index contributed by atoms with van der Waals surface area (Å²) in [5.74, 6) is 0.413. The summed E-state index contributed by atoms with van der Waals surface area (Å²) in [6.07, 6.45) is 5.25. The maximum absolute atomic E-state index is 11.4. The van der Waals surface area contributed by atoms with Crippen molar-refractivity contribution < 1.29 is 14.3 Å². The monoisotopic (exact) mass is 180 g/mol. The maximum atomic E-state index is 11.4. The van der Waals surface area contributed by atoms with Gasteiger partial charge in [-0.3, -0.25) is 4.79 Å². The summed E-state index contributed by atoms with van der Waals surface area (Å²) in [4.78, 5) is 11.4. The Morgan fingerprint density at radius 1 is 1.15 bits per heavy atom. The highest BCUT2D eigenvalue weighted by Crippen LogP contribution is 2.19. The highest BCUT2D eigenvalue weighted by Gasteiger charge is 2.20. The van der Waals surface area contributed by atoms with Gasteiger partial charge in [-0.25, -0.2) is 0 Å². The smallest absolute Gasteiger partial charge is 0.261 e. The fourth-order valence-electron chi connectivity index (χ4n) is 1.07. The number of methoxy groups -OCH3 is 2. The predicted molar refractivity (Wildman–Crippen MR) is 48.9 cm³/mol. The molecule has 0 aromatic heterocycles. The van der Waals surface area contributed by atoms with Gasteiger partial charge < -0.3 is 9.47 Å². The van der Waals surface area contributed by atoms with E-state index in [-0.39, 0.29) is 5.78 Å². The van der Waals surface area contributed by atoms with E-state index in [1.807, 2.05) is 13.0 Å². The van der Waals surface area contributed by atoms with Crippen LogP contribution in [-0.2, 0) is 14.3 Å².